The quantitative estimate of drug-likeness (QED) is 0.341. The SMILES string of the molecule is CCCCO[SiH](CCl)OCCCC. The summed E-state index contributed by atoms with van der Waals surface area (Å²) in [7, 11) is -1.51. The van der Waals surface area contributed by atoms with Gasteiger partial charge in [-0.25, -0.2) is 0 Å². The van der Waals surface area contributed by atoms with Crippen LogP contribution in [0.4, 0.5) is 0 Å². The lowest BCUT2D eigenvalue weighted by atomic mass is 10.4. The van der Waals surface area contributed by atoms with Crippen LogP contribution < -0.4 is 0 Å². The fourth-order valence-electron chi connectivity index (χ4n) is 0.855. The summed E-state index contributed by atoms with van der Waals surface area (Å²) in [5.74, 6) is 0. The van der Waals surface area contributed by atoms with Crippen LogP contribution in [0.5, 0.6) is 0 Å². The molecule has 0 fully saturated rings. The minimum atomic E-state index is -1.51. The molecule has 80 valence electrons. The molecule has 0 radical (unpaired) electrons. The third kappa shape index (κ3) is 8.75. The van der Waals surface area contributed by atoms with Crippen LogP contribution in [0.1, 0.15) is 39.5 Å². The molecule has 0 heterocycles. The molecule has 0 spiro atoms. The number of unbranched alkanes of at least 4 members (excludes halogenated alkanes) is 2. The summed E-state index contributed by atoms with van der Waals surface area (Å²) in [6, 6.07) is 0. The zero-order valence-electron chi connectivity index (χ0n) is 8.72. The Morgan fingerprint density at radius 2 is 1.46 bits per heavy atom. The second-order valence-corrected chi connectivity index (χ2v) is 5.79. The Morgan fingerprint density at radius 3 is 1.77 bits per heavy atom. The molecular formula is C9H21ClO2Si. The number of rotatable bonds is 9. The highest BCUT2D eigenvalue weighted by molar-refractivity contribution is 6.56. The van der Waals surface area contributed by atoms with Gasteiger partial charge in [0.2, 0.25) is 0 Å². The Kier molecular flexibility index (Phi) is 10.9. The van der Waals surface area contributed by atoms with Crippen molar-refractivity contribution in [1.82, 2.24) is 0 Å². The zero-order valence-corrected chi connectivity index (χ0v) is 10.6. The van der Waals surface area contributed by atoms with Gasteiger partial charge in [0.15, 0.2) is 0 Å². The van der Waals surface area contributed by atoms with Crippen molar-refractivity contribution in [3.05, 3.63) is 0 Å². The van der Waals surface area contributed by atoms with Crippen molar-refractivity contribution in [3.8, 4) is 0 Å². The first kappa shape index (κ1) is 13.4. The Balaban J connectivity index is 3.28. The number of hydrogen-bond donors (Lipinski definition) is 0. The highest BCUT2D eigenvalue weighted by atomic mass is 35.5. The van der Waals surface area contributed by atoms with Gasteiger partial charge in [0.1, 0.15) is 0 Å². The largest absolute Gasteiger partial charge is 0.396 e. The third-order valence-electron chi connectivity index (χ3n) is 1.73. The van der Waals surface area contributed by atoms with Gasteiger partial charge in [-0.15, -0.1) is 11.6 Å². The van der Waals surface area contributed by atoms with Crippen LogP contribution in [-0.2, 0) is 8.85 Å². The van der Waals surface area contributed by atoms with Gasteiger partial charge in [0.25, 0.3) is 0 Å². The molecule has 0 aromatic rings. The number of alkyl halides is 1. The van der Waals surface area contributed by atoms with Crippen molar-refractivity contribution in [2.45, 2.75) is 39.5 Å². The molecule has 0 rings (SSSR count). The number of hydrogen-bond acceptors (Lipinski definition) is 2. The molecule has 0 aliphatic carbocycles. The van der Waals surface area contributed by atoms with E-state index in [-0.39, 0.29) is 0 Å². The van der Waals surface area contributed by atoms with Gasteiger partial charge >= 0.3 is 9.28 Å². The van der Waals surface area contributed by atoms with E-state index < -0.39 is 9.28 Å². The zero-order chi connectivity index (χ0) is 9.94. The first-order valence-corrected chi connectivity index (χ1v) is 7.43. The van der Waals surface area contributed by atoms with E-state index >= 15 is 0 Å². The molecular weight excluding hydrogens is 204 g/mol. The van der Waals surface area contributed by atoms with E-state index in [1.54, 1.807) is 0 Å². The topological polar surface area (TPSA) is 18.5 Å². The number of halogens is 1. The summed E-state index contributed by atoms with van der Waals surface area (Å²) in [6.45, 7) is 5.93. The highest BCUT2D eigenvalue weighted by Crippen LogP contribution is 1.98. The van der Waals surface area contributed by atoms with Crippen LogP contribution in [-0.4, -0.2) is 28.0 Å². The van der Waals surface area contributed by atoms with Crippen molar-refractivity contribution in [2.75, 3.05) is 18.7 Å². The molecule has 0 amide bonds. The minimum Gasteiger partial charge on any atom is -0.396 e. The first-order valence-electron chi connectivity index (χ1n) is 5.14. The van der Waals surface area contributed by atoms with Crippen LogP contribution in [0.25, 0.3) is 0 Å². The standard InChI is InChI=1S/C9H21ClO2Si/c1-3-5-7-11-13(9-10)12-8-6-4-2/h13H,3-9H2,1-2H3. The predicted octanol–water partition coefficient (Wildman–Crippen LogP) is 2.62. The van der Waals surface area contributed by atoms with Crippen LogP contribution in [0.15, 0.2) is 0 Å². The Labute approximate surface area is 88.4 Å². The first-order chi connectivity index (χ1) is 6.35. The minimum absolute atomic E-state index is 0.563. The monoisotopic (exact) mass is 224 g/mol. The summed E-state index contributed by atoms with van der Waals surface area (Å²) in [6.07, 6.45) is 4.55. The summed E-state index contributed by atoms with van der Waals surface area (Å²) >= 11 is 5.74. The Bertz CT molecular complexity index is 93.6. The van der Waals surface area contributed by atoms with E-state index in [1.165, 1.54) is 12.8 Å². The smallest absolute Gasteiger partial charge is 0.336 e. The van der Waals surface area contributed by atoms with E-state index in [9.17, 15) is 0 Å². The van der Waals surface area contributed by atoms with Gasteiger partial charge in [0, 0.05) is 13.2 Å². The molecule has 0 saturated carbocycles. The molecule has 0 unspecified atom stereocenters. The molecule has 0 N–H and O–H groups in total. The molecule has 0 aliphatic rings. The van der Waals surface area contributed by atoms with Gasteiger partial charge in [-0.2, -0.15) is 0 Å². The second-order valence-electron chi connectivity index (χ2n) is 3.03. The van der Waals surface area contributed by atoms with Crippen molar-refractivity contribution >= 4 is 20.9 Å². The lowest BCUT2D eigenvalue weighted by Crippen LogP contribution is -2.26. The van der Waals surface area contributed by atoms with E-state index in [0.29, 0.717) is 5.50 Å². The van der Waals surface area contributed by atoms with Crippen LogP contribution >= 0.6 is 11.6 Å². The fourth-order valence-corrected chi connectivity index (χ4v) is 2.52. The van der Waals surface area contributed by atoms with Crippen molar-refractivity contribution in [1.29, 1.82) is 0 Å². The van der Waals surface area contributed by atoms with Crippen molar-refractivity contribution in [3.63, 3.8) is 0 Å². The highest BCUT2D eigenvalue weighted by Gasteiger charge is 2.10. The van der Waals surface area contributed by atoms with Crippen molar-refractivity contribution < 1.29 is 8.85 Å². The average Bonchev–Trinajstić information content (AvgIpc) is 2.16. The lowest BCUT2D eigenvalue weighted by molar-refractivity contribution is 0.196. The molecule has 0 aliphatic heterocycles. The van der Waals surface area contributed by atoms with E-state index in [0.717, 1.165) is 26.1 Å². The molecule has 0 aromatic carbocycles. The third-order valence-corrected chi connectivity index (χ3v) is 3.95. The van der Waals surface area contributed by atoms with Crippen LogP contribution in [0.3, 0.4) is 0 Å². The average molecular weight is 225 g/mol. The van der Waals surface area contributed by atoms with Crippen molar-refractivity contribution in [2.24, 2.45) is 0 Å². The lowest BCUT2D eigenvalue weighted by Gasteiger charge is -2.13. The van der Waals surface area contributed by atoms with E-state index in [2.05, 4.69) is 13.8 Å². The summed E-state index contributed by atoms with van der Waals surface area (Å²) in [4.78, 5) is 0. The van der Waals surface area contributed by atoms with E-state index in [4.69, 9.17) is 20.5 Å². The maximum absolute atomic E-state index is 5.74. The summed E-state index contributed by atoms with van der Waals surface area (Å²) in [5.41, 5.74) is 0.563. The van der Waals surface area contributed by atoms with E-state index in [1.807, 2.05) is 0 Å². The van der Waals surface area contributed by atoms with Gasteiger partial charge < -0.3 is 8.85 Å². The van der Waals surface area contributed by atoms with Gasteiger partial charge in [0.05, 0.1) is 5.50 Å². The Morgan fingerprint density at radius 1 is 1.00 bits per heavy atom. The molecule has 0 aromatic heterocycles. The van der Waals surface area contributed by atoms with Gasteiger partial charge in [-0.3, -0.25) is 0 Å². The maximum Gasteiger partial charge on any atom is 0.336 e. The molecule has 0 bridgehead atoms. The second kappa shape index (κ2) is 10.5. The van der Waals surface area contributed by atoms with Gasteiger partial charge in [-0.05, 0) is 12.8 Å². The molecule has 4 heteroatoms. The summed E-state index contributed by atoms with van der Waals surface area (Å²) < 4.78 is 11.1. The Hall–Kier alpha value is 0.427. The molecule has 0 saturated heterocycles. The maximum atomic E-state index is 5.74. The molecule has 13 heavy (non-hydrogen) atoms. The van der Waals surface area contributed by atoms with Crippen LogP contribution in [0, 0.1) is 0 Å². The van der Waals surface area contributed by atoms with Gasteiger partial charge in [-0.1, -0.05) is 26.7 Å². The fraction of sp³-hybridized carbons (Fsp3) is 1.00. The van der Waals surface area contributed by atoms with Crippen LogP contribution in [0.2, 0.25) is 0 Å². The molecule has 2 nitrogen and oxygen atoms in total. The predicted molar refractivity (Wildman–Crippen MR) is 59.6 cm³/mol. The normalized spacial score (nSPS) is 11.1. The molecule has 0 atom stereocenters. The summed E-state index contributed by atoms with van der Waals surface area (Å²) in [5, 5.41) is 0.